The van der Waals surface area contributed by atoms with Crippen LogP contribution in [0.1, 0.15) is 25.0 Å². The number of ether oxygens (including phenoxy) is 3. The Morgan fingerprint density at radius 3 is 2.67 bits per heavy atom. The van der Waals surface area contributed by atoms with Crippen molar-refractivity contribution in [3.05, 3.63) is 62.7 Å². The number of benzene rings is 2. The summed E-state index contributed by atoms with van der Waals surface area (Å²) in [5.41, 5.74) is 1.23. The fourth-order valence-corrected chi connectivity index (χ4v) is 4.37. The molecule has 3 rings (SSSR count). The van der Waals surface area contributed by atoms with Gasteiger partial charge in [0, 0.05) is 0 Å². The highest BCUT2D eigenvalue weighted by molar-refractivity contribution is 9.10. The summed E-state index contributed by atoms with van der Waals surface area (Å²) < 4.78 is 30.2. The van der Waals surface area contributed by atoms with Crippen molar-refractivity contribution in [1.29, 1.82) is 0 Å². The molecule has 174 valence electrons. The van der Waals surface area contributed by atoms with E-state index < -0.39 is 23.7 Å². The largest absolute Gasteiger partial charge is 0.493 e. The topological polar surface area (TPSA) is 82.1 Å². The maximum absolute atomic E-state index is 13.4. The van der Waals surface area contributed by atoms with Gasteiger partial charge in [0.05, 0.1) is 22.6 Å². The number of amides is 2. The average Bonchev–Trinajstić information content (AvgIpc) is 2.99. The minimum absolute atomic E-state index is 0.122. The molecule has 2 aromatic rings. The third-order valence-electron chi connectivity index (χ3n) is 4.35. The number of methoxy groups -OCH3 is 1. The molecule has 2 aromatic carbocycles. The summed E-state index contributed by atoms with van der Waals surface area (Å²) >= 11 is 4.17. The van der Waals surface area contributed by atoms with E-state index in [4.69, 9.17) is 14.2 Å². The first kappa shape index (κ1) is 24.8. The Morgan fingerprint density at radius 2 is 2.00 bits per heavy atom. The van der Waals surface area contributed by atoms with Crippen LogP contribution >= 0.6 is 27.7 Å². The Bertz CT molecular complexity index is 1120. The van der Waals surface area contributed by atoms with Gasteiger partial charge in [-0.05, 0) is 83.0 Å². The summed E-state index contributed by atoms with van der Waals surface area (Å²) in [4.78, 5) is 37.8. The molecule has 0 aliphatic carbocycles. The molecule has 1 aliphatic rings. The molecule has 0 aromatic heterocycles. The van der Waals surface area contributed by atoms with Crippen LogP contribution in [0.2, 0.25) is 0 Å². The Hall–Kier alpha value is -2.85. The first-order chi connectivity index (χ1) is 15.7. The highest BCUT2D eigenvalue weighted by Gasteiger charge is 2.36. The second-order valence-electron chi connectivity index (χ2n) is 7.26. The summed E-state index contributed by atoms with van der Waals surface area (Å²) in [6.45, 7) is 3.04. The van der Waals surface area contributed by atoms with Crippen molar-refractivity contribution in [2.24, 2.45) is 0 Å². The average molecular weight is 538 g/mol. The van der Waals surface area contributed by atoms with Crippen LogP contribution in [0.5, 0.6) is 11.5 Å². The van der Waals surface area contributed by atoms with Gasteiger partial charge < -0.3 is 14.2 Å². The van der Waals surface area contributed by atoms with Gasteiger partial charge in [-0.3, -0.25) is 19.3 Å². The molecule has 0 spiro atoms. The van der Waals surface area contributed by atoms with Crippen LogP contribution in [0, 0.1) is 5.82 Å². The van der Waals surface area contributed by atoms with Crippen molar-refractivity contribution < 1.29 is 33.0 Å². The molecule has 0 N–H and O–H groups in total. The Labute approximate surface area is 203 Å². The zero-order valence-electron chi connectivity index (χ0n) is 18.1. The number of rotatable bonds is 8. The van der Waals surface area contributed by atoms with Crippen molar-refractivity contribution in [2.75, 3.05) is 13.7 Å². The lowest BCUT2D eigenvalue weighted by Crippen LogP contribution is -2.35. The minimum Gasteiger partial charge on any atom is -0.493 e. The van der Waals surface area contributed by atoms with Crippen LogP contribution in [0.25, 0.3) is 6.08 Å². The SMILES string of the molecule is COc1cc(/C=C2/SC(=O)N(CC(=O)OC(C)C)C2=O)cc(Br)c1OCc1cccc(F)c1. The number of carbonyl (C=O) groups is 3. The highest BCUT2D eigenvalue weighted by atomic mass is 79.9. The normalized spacial score (nSPS) is 14.8. The molecule has 0 saturated carbocycles. The molecular weight excluding hydrogens is 517 g/mol. The zero-order valence-corrected chi connectivity index (χ0v) is 20.5. The smallest absolute Gasteiger partial charge is 0.326 e. The van der Waals surface area contributed by atoms with Crippen LogP contribution in [-0.4, -0.2) is 41.8 Å². The van der Waals surface area contributed by atoms with E-state index in [1.165, 1.54) is 25.3 Å². The van der Waals surface area contributed by atoms with E-state index in [1.807, 2.05) is 0 Å². The number of carbonyl (C=O) groups excluding carboxylic acids is 3. The maximum Gasteiger partial charge on any atom is 0.326 e. The van der Waals surface area contributed by atoms with Crippen molar-refractivity contribution in [1.82, 2.24) is 4.90 Å². The molecule has 1 fully saturated rings. The van der Waals surface area contributed by atoms with E-state index in [0.717, 1.165) is 16.7 Å². The fourth-order valence-electron chi connectivity index (χ4n) is 2.96. The molecular formula is C23H21BrFNO6S. The van der Waals surface area contributed by atoms with Crippen LogP contribution in [-0.2, 0) is 20.9 Å². The second-order valence-corrected chi connectivity index (χ2v) is 9.11. The van der Waals surface area contributed by atoms with E-state index >= 15 is 0 Å². The Morgan fingerprint density at radius 1 is 1.24 bits per heavy atom. The van der Waals surface area contributed by atoms with Gasteiger partial charge in [-0.15, -0.1) is 0 Å². The molecule has 1 heterocycles. The third-order valence-corrected chi connectivity index (χ3v) is 5.85. The van der Waals surface area contributed by atoms with Gasteiger partial charge in [0.15, 0.2) is 11.5 Å². The van der Waals surface area contributed by atoms with E-state index in [0.29, 0.717) is 27.1 Å². The van der Waals surface area contributed by atoms with Crippen molar-refractivity contribution in [3.8, 4) is 11.5 Å². The quantitative estimate of drug-likeness (QED) is 0.339. The minimum atomic E-state index is -0.655. The molecule has 0 unspecified atom stereocenters. The molecule has 0 bridgehead atoms. The number of hydrogen-bond acceptors (Lipinski definition) is 7. The summed E-state index contributed by atoms with van der Waals surface area (Å²) in [5, 5.41) is -0.548. The van der Waals surface area contributed by atoms with E-state index in [9.17, 15) is 18.8 Å². The van der Waals surface area contributed by atoms with Gasteiger partial charge in [0.25, 0.3) is 11.1 Å². The second kappa shape index (κ2) is 10.8. The molecule has 0 atom stereocenters. The number of imide groups is 1. The zero-order chi connectivity index (χ0) is 24.1. The Kier molecular flexibility index (Phi) is 8.15. The van der Waals surface area contributed by atoms with Gasteiger partial charge in [-0.1, -0.05) is 12.1 Å². The Balaban J connectivity index is 1.78. The van der Waals surface area contributed by atoms with Crippen molar-refractivity contribution in [3.63, 3.8) is 0 Å². The number of nitrogens with zero attached hydrogens (tertiary/aromatic N) is 1. The van der Waals surface area contributed by atoms with Gasteiger partial charge in [0.2, 0.25) is 0 Å². The number of esters is 1. The molecule has 1 aliphatic heterocycles. The monoisotopic (exact) mass is 537 g/mol. The lowest BCUT2D eigenvalue weighted by molar-refractivity contribution is -0.149. The number of hydrogen-bond donors (Lipinski definition) is 0. The van der Waals surface area contributed by atoms with Crippen molar-refractivity contribution >= 4 is 50.9 Å². The molecule has 1 saturated heterocycles. The predicted octanol–water partition coefficient (Wildman–Crippen LogP) is 5.16. The van der Waals surface area contributed by atoms with E-state index in [2.05, 4.69) is 15.9 Å². The van der Waals surface area contributed by atoms with Crippen molar-refractivity contribution in [2.45, 2.75) is 26.6 Å². The number of thioether (sulfide) groups is 1. The lowest BCUT2D eigenvalue weighted by atomic mass is 10.1. The van der Waals surface area contributed by atoms with Gasteiger partial charge in [0.1, 0.15) is 19.0 Å². The highest BCUT2D eigenvalue weighted by Crippen LogP contribution is 2.39. The molecule has 2 amide bonds. The van der Waals surface area contributed by atoms with Crippen LogP contribution < -0.4 is 9.47 Å². The van der Waals surface area contributed by atoms with Crippen LogP contribution in [0.3, 0.4) is 0 Å². The standard InChI is InChI=1S/C23H21BrFNO6S/c1-13(2)32-20(27)11-26-22(28)19(33-23(26)29)10-15-8-17(24)21(18(9-15)30-3)31-12-14-5-4-6-16(25)7-14/h4-10,13H,11-12H2,1-3H3/b19-10+. The maximum atomic E-state index is 13.4. The van der Waals surface area contributed by atoms with E-state index in [-0.39, 0.29) is 23.4 Å². The molecule has 10 heteroatoms. The summed E-state index contributed by atoms with van der Waals surface area (Å²) in [7, 11) is 1.47. The lowest BCUT2D eigenvalue weighted by Gasteiger charge is -2.14. The third kappa shape index (κ3) is 6.35. The first-order valence-corrected chi connectivity index (χ1v) is 11.5. The summed E-state index contributed by atoms with van der Waals surface area (Å²) in [6.07, 6.45) is 1.18. The van der Waals surface area contributed by atoms with Gasteiger partial charge in [-0.2, -0.15) is 0 Å². The summed E-state index contributed by atoms with van der Waals surface area (Å²) in [5.74, 6) is -0.802. The van der Waals surface area contributed by atoms with E-state index in [1.54, 1.807) is 38.1 Å². The first-order valence-electron chi connectivity index (χ1n) is 9.87. The number of halogens is 2. The van der Waals surface area contributed by atoms with Crippen LogP contribution in [0.15, 0.2) is 45.8 Å². The van der Waals surface area contributed by atoms with Gasteiger partial charge in [-0.25, -0.2) is 4.39 Å². The van der Waals surface area contributed by atoms with Gasteiger partial charge >= 0.3 is 5.97 Å². The molecule has 7 nitrogen and oxygen atoms in total. The molecule has 0 radical (unpaired) electrons. The summed E-state index contributed by atoms with van der Waals surface area (Å²) in [6, 6.07) is 9.41. The predicted molar refractivity (Wildman–Crippen MR) is 125 cm³/mol. The molecule has 33 heavy (non-hydrogen) atoms. The van der Waals surface area contributed by atoms with Crippen LogP contribution in [0.4, 0.5) is 9.18 Å². The fraction of sp³-hybridized carbons (Fsp3) is 0.261.